The molecule has 0 radical (unpaired) electrons. The molecule has 0 bridgehead atoms. The van der Waals surface area contributed by atoms with E-state index in [9.17, 15) is 5.11 Å². The number of amidine groups is 1. The molecule has 0 heterocycles. The number of anilines is 1. The number of nitrogens with one attached hydrogen (secondary N) is 2. The van der Waals surface area contributed by atoms with Crippen LogP contribution in [0.4, 0.5) is 5.69 Å². The molecule has 0 aliphatic heterocycles. The van der Waals surface area contributed by atoms with Crippen LogP contribution in [0.15, 0.2) is 21.7 Å². The molecule has 0 aromatic heterocycles. The molecule has 0 saturated heterocycles. The summed E-state index contributed by atoms with van der Waals surface area (Å²) in [6.45, 7) is 0. The van der Waals surface area contributed by atoms with Gasteiger partial charge in [-0.05, 0) is 22.0 Å². The molecule has 18 heavy (non-hydrogen) atoms. The minimum Gasteiger partial charge on any atom is -0.505 e. The van der Waals surface area contributed by atoms with Crippen molar-refractivity contribution in [3.63, 3.8) is 0 Å². The number of halogens is 1. The maximum Gasteiger partial charge on any atom is 0.201 e. The van der Waals surface area contributed by atoms with Gasteiger partial charge in [0.25, 0.3) is 0 Å². The van der Waals surface area contributed by atoms with Crippen LogP contribution < -0.4 is 15.9 Å². The van der Waals surface area contributed by atoms with Crippen LogP contribution in [-0.4, -0.2) is 23.8 Å². The van der Waals surface area contributed by atoms with Crippen molar-refractivity contribution in [2.45, 2.75) is 0 Å². The van der Waals surface area contributed by atoms with Crippen molar-refractivity contribution < 1.29 is 9.84 Å². The lowest BCUT2D eigenvalue weighted by Crippen LogP contribution is -2.21. The summed E-state index contributed by atoms with van der Waals surface area (Å²) in [5, 5.41) is 29.1. The molecule has 1 aromatic rings. The van der Waals surface area contributed by atoms with Gasteiger partial charge in [0.1, 0.15) is 17.5 Å². The van der Waals surface area contributed by atoms with Crippen molar-refractivity contribution >= 4 is 33.2 Å². The molecule has 0 aliphatic carbocycles. The maximum absolute atomic E-state index is 9.74. The van der Waals surface area contributed by atoms with E-state index in [0.29, 0.717) is 10.2 Å². The van der Waals surface area contributed by atoms with Gasteiger partial charge in [0.15, 0.2) is 11.6 Å². The summed E-state index contributed by atoms with van der Waals surface area (Å²) in [7, 11) is 1.47. The predicted octanol–water partition coefficient (Wildman–Crippen LogP) is 1.39. The molecule has 8 heteroatoms. The smallest absolute Gasteiger partial charge is 0.201 e. The molecule has 0 spiro atoms. The molecule has 0 fully saturated rings. The van der Waals surface area contributed by atoms with E-state index in [4.69, 9.17) is 21.1 Å². The van der Waals surface area contributed by atoms with E-state index in [-0.39, 0.29) is 17.1 Å². The Morgan fingerprint density at radius 2 is 2.33 bits per heavy atom. The normalized spacial score (nSPS) is 10.6. The third-order valence-electron chi connectivity index (χ3n) is 1.92. The van der Waals surface area contributed by atoms with E-state index in [1.807, 2.05) is 0 Å². The molecule has 0 atom stereocenters. The Balaban J connectivity index is 3.08. The average molecular weight is 312 g/mol. The zero-order chi connectivity index (χ0) is 13.7. The van der Waals surface area contributed by atoms with Gasteiger partial charge in [-0.25, -0.2) is 0 Å². The Morgan fingerprint density at radius 3 is 2.83 bits per heavy atom. The Kier molecular flexibility index (Phi) is 4.51. The number of phenolic OH excluding ortho intramolecular Hbond substituents is 1. The fraction of sp³-hybridized carbons (Fsp3) is 0.100. The van der Waals surface area contributed by atoms with Crippen molar-refractivity contribution in [2.75, 3.05) is 12.5 Å². The van der Waals surface area contributed by atoms with E-state index in [1.165, 1.54) is 13.2 Å². The zero-order valence-corrected chi connectivity index (χ0v) is 10.9. The maximum atomic E-state index is 9.74. The molecule has 1 rings (SSSR count). The second-order valence-electron chi connectivity index (χ2n) is 3.10. The van der Waals surface area contributed by atoms with Gasteiger partial charge in [-0.1, -0.05) is 0 Å². The lowest BCUT2D eigenvalue weighted by Gasteiger charge is -2.08. The fourth-order valence-corrected chi connectivity index (χ4v) is 1.48. The van der Waals surface area contributed by atoms with E-state index < -0.39 is 5.84 Å². The summed E-state index contributed by atoms with van der Waals surface area (Å²) in [6, 6.07) is 4.70. The van der Waals surface area contributed by atoms with Gasteiger partial charge >= 0.3 is 0 Å². The van der Waals surface area contributed by atoms with Gasteiger partial charge in [-0.15, -0.1) is 0 Å². The van der Waals surface area contributed by atoms with Crippen molar-refractivity contribution in [1.29, 1.82) is 10.7 Å². The molecule has 5 N–H and O–H groups in total. The minimum atomic E-state index is -0.466. The molecule has 0 aliphatic rings. The zero-order valence-electron chi connectivity index (χ0n) is 9.36. The van der Waals surface area contributed by atoms with Crippen LogP contribution in [0.1, 0.15) is 0 Å². The van der Waals surface area contributed by atoms with E-state index >= 15 is 0 Å². The quantitative estimate of drug-likeness (QED) is 0.289. The molecule has 1 aromatic carbocycles. The summed E-state index contributed by atoms with van der Waals surface area (Å²) in [5.41, 5.74) is 7.51. The van der Waals surface area contributed by atoms with Gasteiger partial charge in [0.05, 0.1) is 11.6 Å². The van der Waals surface area contributed by atoms with Crippen LogP contribution in [0.3, 0.4) is 0 Å². The van der Waals surface area contributed by atoms with Gasteiger partial charge in [0.2, 0.25) is 5.71 Å². The third kappa shape index (κ3) is 3.11. The number of methoxy groups -OCH3 is 1. The van der Waals surface area contributed by atoms with Gasteiger partial charge < -0.3 is 15.6 Å². The third-order valence-corrected chi connectivity index (χ3v) is 2.53. The lowest BCUT2D eigenvalue weighted by atomic mass is 10.3. The summed E-state index contributed by atoms with van der Waals surface area (Å²) in [4.78, 5) is 0. The fourth-order valence-electron chi connectivity index (χ4n) is 1.04. The second kappa shape index (κ2) is 5.88. The lowest BCUT2D eigenvalue weighted by molar-refractivity contribution is 0.412. The Bertz CT molecular complexity index is 550. The van der Waals surface area contributed by atoms with E-state index in [2.05, 4.69) is 26.5 Å². The molecule has 0 saturated carbocycles. The Hall–Kier alpha value is -2.27. The molecule has 0 unspecified atom stereocenters. The first-order valence-electron chi connectivity index (χ1n) is 4.64. The molecular formula is C10H10BrN5O2. The topological polar surface area (TPSA) is 128 Å². The average Bonchev–Trinajstić information content (AvgIpc) is 2.34. The summed E-state index contributed by atoms with van der Waals surface area (Å²) >= 11 is 3.14. The van der Waals surface area contributed by atoms with Crippen LogP contribution in [0, 0.1) is 16.7 Å². The SMILES string of the molecule is COc1cc(Br)c(O)c(N/N=C(\C#N)C(=N)N)c1. The molecule has 94 valence electrons. The first-order chi connectivity index (χ1) is 8.49. The largest absolute Gasteiger partial charge is 0.505 e. The predicted molar refractivity (Wildman–Crippen MR) is 70.9 cm³/mol. The number of benzene rings is 1. The molecule has 0 amide bonds. The summed E-state index contributed by atoms with van der Waals surface area (Å²) in [5.74, 6) is -0.0782. The number of hydrogen-bond donors (Lipinski definition) is 4. The first kappa shape index (κ1) is 13.8. The number of phenols is 1. The first-order valence-corrected chi connectivity index (χ1v) is 5.43. The van der Waals surface area contributed by atoms with Crippen LogP contribution >= 0.6 is 15.9 Å². The summed E-state index contributed by atoms with van der Waals surface area (Å²) in [6.07, 6.45) is 0. The minimum absolute atomic E-state index is 0.0969. The van der Waals surface area contributed by atoms with Crippen LogP contribution in [0.5, 0.6) is 11.5 Å². The number of nitrogens with zero attached hydrogens (tertiary/aromatic N) is 2. The van der Waals surface area contributed by atoms with Crippen molar-refractivity contribution in [1.82, 2.24) is 0 Å². The van der Waals surface area contributed by atoms with Crippen molar-refractivity contribution in [2.24, 2.45) is 10.8 Å². The highest BCUT2D eigenvalue weighted by molar-refractivity contribution is 9.10. The molecule has 7 nitrogen and oxygen atoms in total. The van der Waals surface area contributed by atoms with Gasteiger partial charge in [-0.2, -0.15) is 10.4 Å². The number of ether oxygens (including phenoxy) is 1. The number of rotatable bonds is 4. The van der Waals surface area contributed by atoms with Crippen molar-refractivity contribution in [3.8, 4) is 17.6 Å². The van der Waals surface area contributed by atoms with Gasteiger partial charge in [-0.3, -0.25) is 10.8 Å². The molecular weight excluding hydrogens is 302 g/mol. The van der Waals surface area contributed by atoms with Crippen LogP contribution in [-0.2, 0) is 0 Å². The number of nitriles is 1. The number of nitrogens with two attached hydrogens (primary N) is 1. The van der Waals surface area contributed by atoms with E-state index in [1.54, 1.807) is 12.1 Å². The number of aromatic hydroxyl groups is 1. The summed E-state index contributed by atoms with van der Waals surface area (Å²) < 4.78 is 5.41. The number of hydrazone groups is 1. The highest BCUT2D eigenvalue weighted by Gasteiger charge is 2.09. The van der Waals surface area contributed by atoms with Crippen LogP contribution in [0.2, 0.25) is 0 Å². The second-order valence-corrected chi connectivity index (χ2v) is 3.96. The Morgan fingerprint density at radius 1 is 1.67 bits per heavy atom. The van der Waals surface area contributed by atoms with Gasteiger partial charge in [0, 0.05) is 6.07 Å². The Labute approximate surface area is 111 Å². The highest BCUT2D eigenvalue weighted by Crippen LogP contribution is 2.36. The standard InChI is InChI=1S/C10H10BrN5O2/c1-18-5-2-6(11)9(17)7(3-5)15-16-8(4-12)10(13)14/h2-3,15,17H,1H3,(H3,13,14)/b16-8+. The van der Waals surface area contributed by atoms with Crippen LogP contribution in [0.25, 0.3) is 0 Å². The monoisotopic (exact) mass is 311 g/mol. The van der Waals surface area contributed by atoms with E-state index in [0.717, 1.165) is 0 Å². The number of hydrogen-bond acceptors (Lipinski definition) is 6. The highest BCUT2D eigenvalue weighted by atomic mass is 79.9. The van der Waals surface area contributed by atoms with Crippen molar-refractivity contribution in [3.05, 3.63) is 16.6 Å².